The van der Waals surface area contributed by atoms with Crippen LogP contribution in [0.5, 0.6) is 0 Å². The van der Waals surface area contributed by atoms with Crippen molar-refractivity contribution < 1.29 is 45.2 Å². The number of rotatable bonds is 11. The van der Waals surface area contributed by atoms with Crippen molar-refractivity contribution in [2.24, 2.45) is 5.92 Å². The fourth-order valence-corrected chi connectivity index (χ4v) is 1.09. The Hall–Kier alpha value is -0.492. The summed E-state index contributed by atoms with van der Waals surface area (Å²) in [6.45, 7) is 5.69. The van der Waals surface area contributed by atoms with Crippen LogP contribution in [0.4, 0.5) is 0 Å². The summed E-state index contributed by atoms with van der Waals surface area (Å²) in [4.78, 5) is 21.8. The van der Waals surface area contributed by atoms with E-state index in [1.54, 1.807) is 0 Å². The maximum Gasteiger partial charge on any atom is 0.245 e. The molecule has 0 unspecified atom stereocenters. The third kappa shape index (κ3) is 13.9. The molecule has 0 aliphatic heterocycles. The number of amides is 2. The van der Waals surface area contributed by atoms with Gasteiger partial charge in [0.2, 0.25) is 11.8 Å². The summed E-state index contributed by atoms with van der Waals surface area (Å²) in [5.41, 5.74) is 0. The van der Waals surface area contributed by atoms with Crippen LogP contribution in [0, 0.1) is 5.92 Å². The quantitative estimate of drug-likeness (QED) is 0.341. The molecule has 0 saturated carbocycles. The van der Waals surface area contributed by atoms with Crippen LogP contribution in [0.25, 0.3) is 0 Å². The minimum atomic E-state index is -0.509. The van der Waals surface area contributed by atoms with Crippen molar-refractivity contribution in [1.29, 1.82) is 0 Å². The molecule has 0 aliphatic carbocycles. The molecule has 0 atom stereocenters. The minimum absolute atomic E-state index is 0. The average molecular weight is 460 g/mol. The number of carbonyl (C=O) groups is 2. The smallest absolute Gasteiger partial charge is 0.245 e. The van der Waals surface area contributed by atoms with Gasteiger partial charge in [0.1, 0.15) is 6.61 Å². The molecule has 118 valence electrons. The van der Waals surface area contributed by atoms with E-state index in [9.17, 15) is 9.59 Å². The van der Waals surface area contributed by atoms with Crippen LogP contribution < -0.4 is 10.6 Å². The Morgan fingerprint density at radius 1 is 1.00 bits per heavy atom. The van der Waals surface area contributed by atoms with E-state index in [0.717, 1.165) is 0 Å². The van der Waals surface area contributed by atoms with Gasteiger partial charge in [0, 0.05) is 40.1 Å². The molecule has 0 bridgehead atoms. The molecule has 0 aromatic heterocycles. The van der Waals surface area contributed by atoms with E-state index < -0.39 is 12.5 Å². The third-order valence-corrected chi connectivity index (χ3v) is 2.15. The molecule has 0 aromatic carbocycles. The van der Waals surface area contributed by atoms with Gasteiger partial charge >= 0.3 is 0 Å². The minimum Gasteiger partial charge on any atom is -0.387 e. The van der Waals surface area contributed by atoms with Gasteiger partial charge in [-0.3, -0.25) is 9.59 Å². The van der Waals surface area contributed by atoms with Crippen molar-refractivity contribution in [1.82, 2.24) is 10.6 Å². The molecule has 8 heteroatoms. The van der Waals surface area contributed by atoms with Crippen LogP contribution in [0.15, 0.2) is 0 Å². The van der Waals surface area contributed by atoms with Crippen LogP contribution in [0.3, 0.4) is 0 Å². The number of hydrogen-bond donors (Lipinski definition) is 3. The van der Waals surface area contributed by atoms with E-state index >= 15 is 0 Å². The molecule has 2 amide bonds. The average Bonchev–Trinajstić information content (AvgIpc) is 2.39. The second kappa shape index (κ2) is 14.9. The summed E-state index contributed by atoms with van der Waals surface area (Å²) in [5, 5.41) is 13.6. The first-order chi connectivity index (χ1) is 9.07. The van der Waals surface area contributed by atoms with Crippen molar-refractivity contribution in [3.63, 3.8) is 0 Å². The molecule has 0 fully saturated rings. The summed E-state index contributed by atoms with van der Waals surface area (Å²) >= 11 is 0. The molecular weight excluding hydrogens is 436 g/mol. The number of carbonyl (C=O) groups excluding carboxylic acids is 2. The van der Waals surface area contributed by atoms with Gasteiger partial charge in [-0.05, 0) is 0 Å². The van der Waals surface area contributed by atoms with Gasteiger partial charge in [-0.25, -0.2) is 0 Å². The fraction of sp³-hybridized carbons (Fsp3) is 0.833. The molecular formula is C12H24N2O5W. The summed E-state index contributed by atoms with van der Waals surface area (Å²) < 4.78 is 10.4. The first-order valence-corrected chi connectivity index (χ1v) is 6.38. The zero-order valence-electron chi connectivity index (χ0n) is 12.0. The number of aliphatic hydroxyl groups excluding tert-OH is 1. The first kappa shape index (κ1) is 21.8. The molecule has 0 saturated heterocycles. The summed E-state index contributed by atoms with van der Waals surface area (Å²) in [7, 11) is 0. The van der Waals surface area contributed by atoms with E-state index in [2.05, 4.69) is 10.6 Å². The summed E-state index contributed by atoms with van der Waals surface area (Å²) in [6.07, 6.45) is 0. The Kier molecular flexibility index (Phi) is 16.2. The molecule has 0 spiro atoms. The van der Waals surface area contributed by atoms with Crippen LogP contribution in [-0.4, -0.2) is 63.0 Å². The van der Waals surface area contributed by atoms with Crippen LogP contribution >= 0.6 is 0 Å². The molecule has 0 heterocycles. The standard InChI is InChI=1S/C12H24N2O5.W/c1-10(2)12(17)14-4-6-19-8-7-18-5-3-13-11(16)9-15;/h10,15H,3-9H2,1-2H3,(H,13,16)(H,14,17);. The summed E-state index contributed by atoms with van der Waals surface area (Å²) in [6, 6.07) is 0. The van der Waals surface area contributed by atoms with Crippen LogP contribution in [0.2, 0.25) is 0 Å². The number of hydrogen-bond acceptors (Lipinski definition) is 5. The van der Waals surface area contributed by atoms with Gasteiger partial charge in [-0.15, -0.1) is 0 Å². The van der Waals surface area contributed by atoms with Gasteiger partial charge < -0.3 is 25.2 Å². The largest absolute Gasteiger partial charge is 0.387 e. The Morgan fingerprint density at radius 3 is 1.95 bits per heavy atom. The Morgan fingerprint density at radius 2 is 1.50 bits per heavy atom. The predicted molar refractivity (Wildman–Crippen MR) is 69.6 cm³/mol. The van der Waals surface area contributed by atoms with Crippen molar-refractivity contribution >= 4 is 11.8 Å². The Labute approximate surface area is 134 Å². The van der Waals surface area contributed by atoms with Crippen molar-refractivity contribution in [2.45, 2.75) is 13.8 Å². The first-order valence-electron chi connectivity index (χ1n) is 6.38. The van der Waals surface area contributed by atoms with E-state index in [4.69, 9.17) is 14.6 Å². The van der Waals surface area contributed by atoms with Crippen LogP contribution in [0.1, 0.15) is 13.8 Å². The Balaban J connectivity index is 0. The van der Waals surface area contributed by atoms with Gasteiger partial charge in [0.15, 0.2) is 0 Å². The second-order valence-electron chi connectivity index (χ2n) is 4.18. The van der Waals surface area contributed by atoms with E-state index in [0.29, 0.717) is 39.5 Å². The van der Waals surface area contributed by atoms with Gasteiger partial charge in [0.05, 0.1) is 26.4 Å². The fourth-order valence-electron chi connectivity index (χ4n) is 1.09. The van der Waals surface area contributed by atoms with E-state index in [1.807, 2.05) is 13.8 Å². The number of ether oxygens (including phenoxy) is 2. The molecule has 20 heavy (non-hydrogen) atoms. The number of aliphatic hydroxyl groups is 1. The SMILES string of the molecule is CC(C)C(=O)NCCOCCOCCNC(=O)CO.[W]. The normalized spacial score (nSPS) is 10.0. The number of nitrogens with one attached hydrogen (secondary N) is 2. The van der Waals surface area contributed by atoms with Gasteiger partial charge in [-0.1, -0.05) is 13.8 Å². The molecule has 0 radical (unpaired) electrons. The Bertz CT molecular complexity index is 264. The molecule has 0 aliphatic rings. The van der Waals surface area contributed by atoms with Crippen molar-refractivity contribution in [2.75, 3.05) is 46.1 Å². The van der Waals surface area contributed by atoms with Crippen LogP contribution in [-0.2, 0) is 40.1 Å². The second-order valence-corrected chi connectivity index (χ2v) is 4.18. The molecule has 7 nitrogen and oxygen atoms in total. The summed E-state index contributed by atoms with van der Waals surface area (Å²) in [5.74, 6) is -0.419. The van der Waals surface area contributed by atoms with Gasteiger partial charge in [-0.2, -0.15) is 0 Å². The van der Waals surface area contributed by atoms with E-state index in [1.165, 1.54) is 0 Å². The molecule has 0 rings (SSSR count). The zero-order valence-corrected chi connectivity index (χ0v) is 14.9. The predicted octanol–water partition coefficient (Wildman–Crippen LogP) is -1.10. The zero-order chi connectivity index (χ0) is 14.5. The molecule has 0 aromatic rings. The van der Waals surface area contributed by atoms with E-state index in [-0.39, 0.29) is 32.9 Å². The van der Waals surface area contributed by atoms with Crippen molar-refractivity contribution in [3.05, 3.63) is 0 Å². The van der Waals surface area contributed by atoms with Crippen molar-refractivity contribution in [3.8, 4) is 0 Å². The maximum absolute atomic E-state index is 11.2. The van der Waals surface area contributed by atoms with Gasteiger partial charge in [0.25, 0.3) is 0 Å². The maximum atomic E-state index is 11.2. The topological polar surface area (TPSA) is 96.9 Å². The monoisotopic (exact) mass is 460 g/mol. The molecule has 3 N–H and O–H groups in total. The third-order valence-electron chi connectivity index (χ3n) is 2.15.